The zero-order chi connectivity index (χ0) is 19.1. The largest absolute Gasteiger partial charge is 0.366 e. The lowest BCUT2D eigenvalue weighted by atomic mass is 10.2. The summed E-state index contributed by atoms with van der Waals surface area (Å²) in [6.07, 6.45) is 9.41. The molecule has 2 aromatic heterocycles. The number of aryl methyl sites for hydroxylation is 1. The fraction of sp³-hybridized carbons (Fsp3) is 0.400. The summed E-state index contributed by atoms with van der Waals surface area (Å²) in [6, 6.07) is 7.73. The van der Waals surface area contributed by atoms with Crippen molar-refractivity contribution in [1.82, 2.24) is 19.1 Å². The van der Waals surface area contributed by atoms with Crippen LogP contribution in [0.25, 0.3) is 0 Å². The van der Waals surface area contributed by atoms with E-state index < -0.39 is 0 Å². The van der Waals surface area contributed by atoms with Crippen LogP contribution in [0.4, 0.5) is 5.82 Å². The number of H-pyrrole nitrogens is 1. The summed E-state index contributed by atoms with van der Waals surface area (Å²) in [7, 11) is 0. The molecule has 0 aliphatic carbocycles. The second kappa shape index (κ2) is 9.46. The van der Waals surface area contributed by atoms with E-state index in [2.05, 4.69) is 22.2 Å². The molecule has 0 spiro atoms. The summed E-state index contributed by atoms with van der Waals surface area (Å²) in [6.45, 7) is 4.34. The van der Waals surface area contributed by atoms with Crippen LogP contribution in [0.15, 0.2) is 47.8 Å². The highest BCUT2D eigenvalue weighted by atomic mass is 35.5. The molecule has 0 amide bonds. The molecule has 27 heavy (non-hydrogen) atoms. The van der Waals surface area contributed by atoms with Crippen LogP contribution in [0.5, 0.6) is 0 Å². The third-order valence-corrected chi connectivity index (χ3v) is 4.85. The minimum Gasteiger partial charge on any atom is -0.366 e. The molecule has 0 fully saturated rings. The molecule has 0 radical (unpaired) electrons. The number of unbranched alkanes of at least 4 members (excludes halogenated alkanes) is 1. The first-order chi connectivity index (χ1) is 13.2. The van der Waals surface area contributed by atoms with Gasteiger partial charge in [-0.05, 0) is 37.0 Å². The van der Waals surface area contributed by atoms with Gasteiger partial charge in [-0.3, -0.25) is 9.55 Å². The van der Waals surface area contributed by atoms with Crippen LogP contribution in [0.1, 0.15) is 37.4 Å². The van der Waals surface area contributed by atoms with Crippen molar-refractivity contribution < 1.29 is 0 Å². The normalized spacial score (nSPS) is 11.0. The Labute approximate surface area is 164 Å². The SMILES string of the molecule is CCCCc1c(NCc2ccc(Cl)cc2)[nH]c(=O)n1CCCn1ccnc1. The van der Waals surface area contributed by atoms with Gasteiger partial charge in [0.1, 0.15) is 5.82 Å². The zero-order valence-electron chi connectivity index (χ0n) is 15.6. The van der Waals surface area contributed by atoms with Crippen LogP contribution in [-0.4, -0.2) is 19.1 Å². The highest BCUT2D eigenvalue weighted by Crippen LogP contribution is 2.17. The van der Waals surface area contributed by atoms with E-state index in [0.717, 1.165) is 54.3 Å². The maximum absolute atomic E-state index is 12.5. The Morgan fingerprint density at radius 1 is 1.19 bits per heavy atom. The summed E-state index contributed by atoms with van der Waals surface area (Å²) in [5.74, 6) is 0.825. The second-order valence-corrected chi connectivity index (χ2v) is 7.08. The van der Waals surface area contributed by atoms with Crippen LogP contribution in [0.3, 0.4) is 0 Å². The molecule has 3 rings (SSSR count). The standard InChI is InChI=1S/C20H26ClN5O/c1-2-3-5-18-19(23-14-16-6-8-17(21)9-7-16)24-20(27)26(18)12-4-11-25-13-10-22-15-25/h6-10,13,15,23H,2-5,11-12,14H2,1H3,(H,24,27). The van der Waals surface area contributed by atoms with Crippen molar-refractivity contribution >= 4 is 17.4 Å². The molecule has 1 aromatic carbocycles. The van der Waals surface area contributed by atoms with E-state index >= 15 is 0 Å². The van der Waals surface area contributed by atoms with Gasteiger partial charge in [-0.25, -0.2) is 9.78 Å². The lowest BCUT2D eigenvalue weighted by Gasteiger charge is -2.11. The van der Waals surface area contributed by atoms with Gasteiger partial charge in [-0.15, -0.1) is 0 Å². The average Bonchev–Trinajstić information content (AvgIpc) is 3.28. The van der Waals surface area contributed by atoms with Crippen LogP contribution in [0, 0.1) is 0 Å². The number of halogens is 1. The zero-order valence-corrected chi connectivity index (χ0v) is 16.4. The Hall–Kier alpha value is -2.47. The predicted octanol–water partition coefficient (Wildman–Crippen LogP) is 4.07. The number of anilines is 1. The van der Waals surface area contributed by atoms with Gasteiger partial charge in [0.25, 0.3) is 0 Å². The molecule has 7 heteroatoms. The van der Waals surface area contributed by atoms with Gasteiger partial charge >= 0.3 is 5.69 Å². The van der Waals surface area contributed by atoms with Crippen molar-refractivity contribution in [2.24, 2.45) is 0 Å². The third-order valence-electron chi connectivity index (χ3n) is 4.60. The molecular weight excluding hydrogens is 362 g/mol. The summed E-state index contributed by atoms with van der Waals surface area (Å²) in [5, 5.41) is 4.11. The second-order valence-electron chi connectivity index (χ2n) is 6.64. The van der Waals surface area contributed by atoms with Crippen LogP contribution < -0.4 is 11.0 Å². The summed E-state index contributed by atoms with van der Waals surface area (Å²) >= 11 is 5.94. The highest BCUT2D eigenvalue weighted by Gasteiger charge is 2.13. The average molecular weight is 388 g/mol. The fourth-order valence-corrected chi connectivity index (χ4v) is 3.24. The Morgan fingerprint density at radius 2 is 2.00 bits per heavy atom. The summed E-state index contributed by atoms with van der Waals surface area (Å²) in [5.41, 5.74) is 2.13. The maximum atomic E-state index is 12.5. The van der Waals surface area contributed by atoms with Gasteiger partial charge in [0, 0.05) is 37.1 Å². The summed E-state index contributed by atoms with van der Waals surface area (Å²) < 4.78 is 3.90. The van der Waals surface area contributed by atoms with E-state index in [-0.39, 0.29) is 5.69 Å². The monoisotopic (exact) mass is 387 g/mol. The van der Waals surface area contributed by atoms with E-state index in [0.29, 0.717) is 13.1 Å². The lowest BCUT2D eigenvalue weighted by Crippen LogP contribution is -2.20. The Bertz CT molecular complexity index is 880. The number of hydrogen-bond acceptors (Lipinski definition) is 3. The Morgan fingerprint density at radius 3 is 2.70 bits per heavy atom. The Kier molecular flexibility index (Phi) is 6.76. The van der Waals surface area contributed by atoms with Gasteiger partial charge in [0.15, 0.2) is 0 Å². The first-order valence-corrected chi connectivity index (χ1v) is 9.81. The highest BCUT2D eigenvalue weighted by molar-refractivity contribution is 6.30. The molecule has 0 unspecified atom stereocenters. The van der Waals surface area contributed by atoms with Crippen molar-refractivity contribution in [2.75, 3.05) is 5.32 Å². The van der Waals surface area contributed by atoms with E-state index in [1.807, 2.05) is 39.6 Å². The third kappa shape index (κ3) is 5.26. The molecule has 0 saturated heterocycles. The molecule has 3 aromatic rings. The van der Waals surface area contributed by atoms with E-state index in [1.54, 1.807) is 12.5 Å². The number of aromatic amines is 1. The quantitative estimate of drug-likeness (QED) is 0.551. The van der Waals surface area contributed by atoms with Gasteiger partial charge < -0.3 is 9.88 Å². The van der Waals surface area contributed by atoms with Crippen molar-refractivity contribution in [3.8, 4) is 0 Å². The Balaban J connectivity index is 1.70. The van der Waals surface area contributed by atoms with Gasteiger partial charge in [0.2, 0.25) is 0 Å². The number of hydrogen-bond donors (Lipinski definition) is 2. The predicted molar refractivity (Wildman–Crippen MR) is 109 cm³/mol. The maximum Gasteiger partial charge on any atom is 0.327 e. The van der Waals surface area contributed by atoms with Crippen LogP contribution in [-0.2, 0) is 26.1 Å². The first kappa shape index (κ1) is 19.3. The van der Waals surface area contributed by atoms with Crippen molar-refractivity contribution in [3.05, 3.63) is 69.8 Å². The van der Waals surface area contributed by atoms with Gasteiger partial charge in [-0.1, -0.05) is 37.1 Å². The summed E-state index contributed by atoms with van der Waals surface area (Å²) in [4.78, 5) is 19.6. The molecular formula is C20H26ClN5O. The minimum absolute atomic E-state index is 0.0506. The number of benzene rings is 1. The molecule has 0 bridgehead atoms. The molecule has 0 aliphatic heterocycles. The molecule has 0 atom stereocenters. The van der Waals surface area contributed by atoms with Gasteiger partial charge in [0.05, 0.1) is 12.0 Å². The number of aromatic nitrogens is 4. The van der Waals surface area contributed by atoms with Crippen LogP contribution >= 0.6 is 11.6 Å². The van der Waals surface area contributed by atoms with Gasteiger partial charge in [-0.2, -0.15) is 0 Å². The van der Waals surface area contributed by atoms with Crippen molar-refractivity contribution in [3.63, 3.8) is 0 Å². The van der Waals surface area contributed by atoms with Crippen LogP contribution in [0.2, 0.25) is 5.02 Å². The number of nitrogens with zero attached hydrogens (tertiary/aromatic N) is 3. The van der Waals surface area contributed by atoms with E-state index in [4.69, 9.17) is 11.6 Å². The molecule has 0 aliphatic rings. The van der Waals surface area contributed by atoms with Crippen molar-refractivity contribution in [1.29, 1.82) is 0 Å². The molecule has 0 saturated carbocycles. The van der Waals surface area contributed by atoms with E-state index in [9.17, 15) is 4.79 Å². The van der Waals surface area contributed by atoms with E-state index in [1.165, 1.54) is 0 Å². The molecule has 2 N–H and O–H groups in total. The smallest absolute Gasteiger partial charge is 0.327 e. The first-order valence-electron chi connectivity index (χ1n) is 9.43. The lowest BCUT2D eigenvalue weighted by molar-refractivity contribution is 0.537. The number of nitrogens with one attached hydrogen (secondary N) is 2. The number of imidazole rings is 2. The topological polar surface area (TPSA) is 67.6 Å². The molecule has 2 heterocycles. The molecule has 6 nitrogen and oxygen atoms in total. The number of rotatable bonds is 10. The minimum atomic E-state index is -0.0506. The fourth-order valence-electron chi connectivity index (χ4n) is 3.11. The van der Waals surface area contributed by atoms with Crippen molar-refractivity contribution in [2.45, 2.75) is 52.2 Å². The molecule has 144 valence electrons.